The zero-order chi connectivity index (χ0) is 24.2. The van der Waals surface area contributed by atoms with Gasteiger partial charge in [-0.15, -0.1) is 0 Å². The number of carbonyl (C=O) groups excluding carboxylic acids is 1. The van der Waals surface area contributed by atoms with E-state index >= 15 is 0 Å². The predicted octanol–water partition coefficient (Wildman–Crippen LogP) is 4.60. The molecule has 0 aliphatic heterocycles. The van der Waals surface area contributed by atoms with Crippen LogP contribution in [0.15, 0.2) is 65.6 Å². The summed E-state index contributed by atoms with van der Waals surface area (Å²) >= 11 is 5.85. The third-order valence-corrected chi connectivity index (χ3v) is 6.56. The van der Waals surface area contributed by atoms with Gasteiger partial charge in [0.25, 0.3) is 5.91 Å². The maximum atomic E-state index is 13.5. The molecule has 3 rings (SSSR count). The van der Waals surface area contributed by atoms with E-state index in [0.717, 1.165) is 12.1 Å². The van der Waals surface area contributed by atoms with Gasteiger partial charge in [-0.25, -0.2) is 21.9 Å². The van der Waals surface area contributed by atoms with Crippen LogP contribution in [0.4, 0.5) is 8.78 Å². The van der Waals surface area contributed by atoms with Crippen LogP contribution in [0.25, 0.3) is 0 Å². The first-order chi connectivity index (χ1) is 15.6. The molecule has 174 valence electrons. The highest BCUT2D eigenvalue weighted by molar-refractivity contribution is 7.89. The summed E-state index contributed by atoms with van der Waals surface area (Å²) in [5, 5.41) is 3.17. The van der Waals surface area contributed by atoms with Crippen molar-refractivity contribution < 1.29 is 26.7 Å². The monoisotopic (exact) mass is 494 g/mol. The average molecular weight is 495 g/mol. The van der Waals surface area contributed by atoms with Crippen LogP contribution in [0, 0.1) is 11.6 Å². The molecule has 3 aromatic carbocycles. The average Bonchev–Trinajstić information content (AvgIpc) is 2.80. The smallest absolute Gasteiger partial charge is 0.251 e. The number of hydrogen-bond acceptors (Lipinski definition) is 4. The van der Waals surface area contributed by atoms with Crippen LogP contribution < -0.4 is 14.8 Å². The van der Waals surface area contributed by atoms with Gasteiger partial charge in [-0.2, -0.15) is 0 Å². The van der Waals surface area contributed by atoms with Gasteiger partial charge in [0.1, 0.15) is 10.6 Å². The highest BCUT2D eigenvalue weighted by Gasteiger charge is 2.22. The maximum Gasteiger partial charge on any atom is 0.251 e. The van der Waals surface area contributed by atoms with Crippen molar-refractivity contribution in [1.29, 1.82) is 0 Å². The van der Waals surface area contributed by atoms with Crippen LogP contribution in [0.5, 0.6) is 5.75 Å². The molecule has 2 N–H and O–H groups in total. The number of benzene rings is 3. The second-order valence-corrected chi connectivity index (χ2v) is 9.36. The Hall–Kier alpha value is -3.01. The van der Waals surface area contributed by atoms with Crippen LogP contribution in [0.1, 0.15) is 34.5 Å². The minimum absolute atomic E-state index is 0.00620. The summed E-state index contributed by atoms with van der Waals surface area (Å²) in [4.78, 5) is 12.5. The van der Waals surface area contributed by atoms with Crippen molar-refractivity contribution in [1.82, 2.24) is 10.0 Å². The lowest BCUT2D eigenvalue weighted by molar-refractivity contribution is 0.0939. The van der Waals surface area contributed by atoms with E-state index < -0.39 is 33.6 Å². The molecule has 1 unspecified atom stereocenters. The predicted molar refractivity (Wildman–Crippen MR) is 121 cm³/mol. The van der Waals surface area contributed by atoms with Gasteiger partial charge in [0, 0.05) is 17.1 Å². The van der Waals surface area contributed by atoms with Crippen molar-refractivity contribution >= 4 is 27.5 Å². The molecule has 3 aromatic rings. The van der Waals surface area contributed by atoms with Crippen LogP contribution in [0.2, 0.25) is 5.02 Å². The summed E-state index contributed by atoms with van der Waals surface area (Å²) in [5.41, 5.74) is 1.10. The van der Waals surface area contributed by atoms with Crippen LogP contribution in [0.3, 0.4) is 0 Å². The minimum Gasteiger partial charge on any atom is -0.495 e. The van der Waals surface area contributed by atoms with E-state index in [1.54, 1.807) is 31.2 Å². The molecule has 0 aliphatic carbocycles. The first-order valence-corrected chi connectivity index (χ1v) is 11.6. The van der Waals surface area contributed by atoms with Crippen LogP contribution >= 0.6 is 11.6 Å². The topological polar surface area (TPSA) is 84.5 Å². The number of nitrogens with one attached hydrogen (secondary N) is 2. The summed E-state index contributed by atoms with van der Waals surface area (Å²) in [6.07, 6.45) is 0. The Morgan fingerprint density at radius 3 is 2.36 bits per heavy atom. The van der Waals surface area contributed by atoms with E-state index in [1.165, 1.54) is 31.4 Å². The number of halogens is 3. The molecule has 1 atom stereocenters. The summed E-state index contributed by atoms with van der Waals surface area (Å²) in [6, 6.07) is 13.3. The Morgan fingerprint density at radius 2 is 1.73 bits per heavy atom. The number of rotatable bonds is 8. The summed E-state index contributed by atoms with van der Waals surface area (Å²) in [5.74, 6) is -2.56. The van der Waals surface area contributed by atoms with Gasteiger partial charge in [0.05, 0.1) is 13.2 Å². The Bertz CT molecular complexity index is 1270. The molecule has 0 aromatic heterocycles. The molecule has 1 amide bonds. The number of ether oxygens (including phenoxy) is 1. The second-order valence-electron chi connectivity index (χ2n) is 7.19. The SMILES string of the molecule is COc1ccc(C(=O)NC(C)c2ccc(F)c(F)c2)cc1S(=O)(=O)NCc1ccc(Cl)cc1. The van der Waals surface area contributed by atoms with Crippen molar-refractivity contribution in [2.24, 2.45) is 0 Å². The minimum atomic E-state index is -4.04. The third-order valence-electron chi connectivity index (χ3n) is 4.89. The molecule has 0 bridgehead atoms. The molecule has 0 aliphatic rings. The molecule has 0 heterocycles. The zero-order valence-corrected chi connectivity index (χ0v) is 19.3. The number of amides is 1. The van der Waals surface area contributed by atoms with Gasteiger partial charge in [0.15, 0.2) is 11.6 Å². The Kier molecular flexibility index (Phi) is 7.68. The molecular weight excluding hydrogens is 474 g/mol. The second kappa shape index (κ2) is 10.3. The summed E-state index contributed by atoms with van der Waals surface area (Å²) in [6.45, 7) is 1.60. The van der Waals surface area contributed by atoms with Gasteiger partial charge in [-0.05, 0) is 60.5 Å². The number of sulfonamides is 1. The zero-order valence-electron chi connectivity index (χ0n) is 17.7. The highest BCUT2D eigenvalue weighted by Crippen LogP contribution is 2.26. The van der Waals surface area contributed by atoms with Crippen molar-refractivity contribution in [2.45, 2.75) is 24.4 Å². The fourth-order valence-corrected chi connectivity index (χ4v) is 4.37. The van der Waals surface area contributed by atoms with Crippen LogP contribution in [-0.4, -0.2) is 21.4 Å². The fourth-order valence-electron chi connectivity index (χ4n) is 3.03. The van der Waals surface area contributed by atoms with Gasteiger partial charge in [-0.1, -0.05) is 29.8 Å². The first-order valence-electron chi connectivity index (χ1n) is 9.78. The van der Waals surface area contributed by atoms with E-state index in [4.69, 9.17) is 16.3 Å². The largest absolute Gasteiger partial charge is 0.495 e. The molecular formula is C23H21ClF2N2O4S. The van der Waals surface area contributed by atoms with E-state index in [0.29, 0.717) is 16.1 Å². The lowest BCUT2D eigenvalue weighted by Crippen LogP contribution is -2.28. The quantitative estimate of drug-likeness (QED) is 0.479. The van der Waals surface area contributed by atoms with Gasteiger partial charge in [0.2, 0.25) is 10.0 Å². The lowest BCUT2D eigenvalue weighted by Gasteiger charge is -2.16. The Balaban J connectivity index is 1.80. The van der Waals surface area contributed by atoms with Gasteiger partial charge in [-0.3, -0.25) is 4.79 Å². The van der Waals surface area contributed by atoms with E-state index in [-0.39, 0.29) is 22.8 Å². The Labute approximate surface area is 195 Å². The third kappa shape index (κ3) is 6.07. The van der Waals surface area contributed by atoms with Crippen LogP contribution in [-0.2, 0) is 16.6 Å². The summed E-state index contributed by atoms with van der Waals surface area (Å²) < 4.78 is 60.1. The number of carbonyl (C=O) groups is 1. The van der Waals surface area contributed by atoms with E-state index in [1.807, 2.05) is 0 Å². The van der Waals surface area contributed by atoms with E-state index in [2.05, 4.69) is 10.0 Å². The molecule has 33 heavy (non-hydrogen) atoms. The van der Waals surface area contributed by atoms with Crippen molar-refractivity contribution in [3.8, 4) is 5.75 Å². The maximum absolute atomic E-state index is 13.5. The van der Waals surface area contributed by atoms with Crippen molar-refractivity contribution in [3.05, 3.63) is 94.0 Å². The van der Waals surface area contributed by atoms with Crippen molar-refractivity contribution in [2.75, 3.05) is 7.11 Å². The van der Waals surface area contributed by atoms with Crippen molar-refractivity contribution in [3.63, 3.8) is 0 Å². The molecule has 0 fully saturated rings. The molecule has 0 saturated heterocycles. The van der Waals surface area contributed by atoms with Gasteiger partial charge < -0.3 is 10.1 Å². The normalized spacial score (nSPS) is 12.3. The molecule has 10 heteroatoms. The molecule has 6 nitrogen and oxygen atoms in total. The number of methoxy groups -OCH3 is 1. The van der Waals surface area contributed by atoms with Gasteiger partial charge >= 0.3 is 0 Å². The summed E-state index contributed by atoms with van der Waals surface area (Å²) in [7, 11) is -2.72. The fraction of sp³-hybridized carbons (Fsp3) is 0.174. The Morgan fingerprint density at radius 1 is 1.03 bits per heavy atom. The number of hydrogen-bond donors (Lipinski definition) is 2. The first kappa shape index (κ1) is 24.6. The highest BCUT2D eigenvalue weighted by atomic mass is 35.5. The van der Waals surface area contributed by atoms with E-state index in [9.17, 15) is 22.0 Å². The molecule has 0 radical (unpaired) electrons. The molecule has 0 saturated carbocycles. The molecule has 0 spiro atoms. The lowest BCUT2D eigenvalue weighted by atomic mass is 10.1. The standard InChI is InChI=1S/C23H21ClF2N2O4S/c1-14(16-5-9-19(25)20(26)11-16)28-23(29)17-6-10-21(32-2)22(12-17)33(30,31)27-13-15-3-7-18(24)8-4-15/h3-12,14,27H,13H2,1-2H3,(H,28,29).